The second-order valence-corrected chi connectivity index (χ2v) is 6.80. The fraction of sp³-hybridized carbons (Fsp3) is 0.400. The van der Waals surface area contributed by atoms with Crippen molar-refractivity contribution in [3.63, 3.8) is 0 Å². The van der Waals surface area contributed by atoms with Gasteiger partial charge in [0, 0.05) is 24.4 Å². The minimum atomic E-state index is 0. The molecule has 0 fully saturated rings. The summed E-state index contributed by atoms with van der Waals surface area (Å²) < 4.78 is 2.50. The first kappa shape index (κ1) is 14.1. The molecule has 2 heterocycles. The van der Waals surface area contributed by atoms with Crippen LogP contribution in [0, 0.1) is 0 Å². The van der Waals surface area contributed by atoms with Gasteiger partial charge in [0.05, 0.1) is 0 Å². The molecule has 1 nitrogen and oxygen atoms in total. The lowest BCUT2D eigenvalue weighted by atomic mass is 9.74. The van der Waals surface area contributed by atoms with Gasteiger partial charge in [-0.1, -0.05) is 23.8 Å². The van der Waals surface area contributed by atoms with Crippen molar-refractivity contribution in [3.05, 3.63) is 70.1 Å². The predicted molar refractivity (Wildman–Crippen MR) is 93.4 cm³/mol. The van der Waals surface area contributed by atoms with Crippen LogP contribution in [0.4, 0.5) is 0 Å². The Balaban J connectivity index is 0.00000125. The molecule has 0 aromatic carbocycles. The maximum absolute atomic E-state index is 2.50. The third-order valence-electron chi connectivity index (χ3n) is 5.78. The molecule has 0 spiro atoms. The molecule has 0 bridgehead atoms. The molecule has 2 heteroatoms. The second kappa shape index (κ2) is 5.31. The van der Waals surface area contributed by atoms with E-state index in [1.54, 1.807) is 33.6 Å². The van der Waals surface area contributed by atoms with Crippen molar-refractivity contribution in [2.24, 2.45) is 0 Å². The number of hydrogen-bond donors (Lipinski definition) is 0. The van der Waals surface area contributed by atoms with Crippen molar-refractivity contribution < 1.29 is 0 Å². The van der Waals surface area contributed by atoms with Crippen molar-refractivity contribution >= 4 is 12.4 Å². The van der Waals surface area contributed by atoms with Gasteiger partial charge in [-0.05, 0) is 73.0 Å². The monoisotopic (exact) mass is 311 g/mol. The van der Waals surface area contributed by atoms with Crippen LogP contribution in [0.5, 0.6) is 0 Å². The normalized spacial score (nSPS) is 25.6. The topological polar surface area (TPSA) is 4.93 Å². The number of halogens is 1. The van der Waals surface area contributed by atoms with E-state index < -0.39 is 0 Å². The zero-order chi connectivity index (χ0) is 13.8. The van der Waals surface area contributed by atoms with Crippen LogP contribution in [-0.2, 0) is 6.54 Å². The molecule has 0 saturated heterocycles. The van der Waals surface area contributed by atoms with Crippen LogP contribution >= 0.6 is 12.4 Å². The van der Waals surface area contributed by atoms with Crippen LogP contribution in [0.1, 0.15) is 50.1 Å². The van der Waals surface area contributed by atoms with Gasteiger partial charge in [0.25, 0.3) is 0 Å². The molecular weight excluding hydrogens is 290 g/mol. The number of hydrogen-bond acceptors (Lipinski definition) is 0. The SMILES string of the molecule is C1=CCC2=C3Cn4cccc4C4CCCC(=C34)CCC2=C1.Cl. The summed E-state index contributed by atoms with van der Waals surface area (Å²) in [7, 11) is 0. The maximum atomic E-state index is 2.50. The van der Waals surface area contributed by atoms with Gasteiger partial charge in [-0.15, -0.1) is 12.4 Å². The second-order valence-electron chi connectivity index (χ2n) is 6.80. The van der Waals surface area contributed by atoms with Crippen LogP contribution in [0.25, 0.3) is 0 Å². The van der Waals surface area contributed by atoms with Crippen LogP contribution in [0.3, 0.4) is 0 Å². The Morgan fingerprint density at radius 1 is 1.09 bits per heavy atom. The Labute approximate surface area is 138 Å². The van der Waals surface area contributed by atoms with Crippen molar-refractivity contribution in [3.8, 4) is 0 Å². The van der Waals surface area contributed by atoms with Crippen LogP contribution < -0.4 is 0 Å². The molecule has 1 aromatic rings. The van der Waals surface area contributed by atoms with Gasteiger partial charge in [0.15, 0.2) is 0 Å². The van der Waals surface area contributed by atoms with Gasteiger partial charge < -0.3 is 4.57 Å². The Bertz CT molecular complexity index is 742. The van der Waals surface area contributed by atoms with E-state index in [0.29, 0.717) is 5.92 Å². The fourth-order valence-corrected chi connectivity index (χ4v) is 4.86. The highest BCUT2D eigenvalue weighted by Crippen LogP contribution is 2.50. The molecule has 0 N–H and O–H groups in total. The van der Waals surface area contributed by atoms with Gasteiger partial charge in [0.1, 0.15) is 0 Å². The minimum Gasteiger partial charge on any atom is -0.346 e. The van der Waals surface area contributed by atoms with E-state index in [1.807, 2.05) is 0 Å². The average molecular weight is 312 g/mol. The lowest BCUT2D eigenvalue weighted by Crippen LogP contribution is -2.24. The highest BCUT2D eigenvalue weighted by molar-refractivity contribution is 5.85. The number of rotatable bonds is 0. The smallest absolute Gasteiger partial charge is 0.0479 e. The number of fused-ring (bicyclic) bond motifs is 3. The summed E-state index contributed by atoms with van der Waals surface area (Å²) in [6, 6.07) is 4.59. The van der Waals surface area contributed by atoms with Gasteiger partial charge in [-0.3, -0.25) is 0 Å². The standard InChI is InChI=1S/C20H21N.ClH/c1-2-7-16-14(5-1)10-11-15-6-3-8-17-19-9-4-12-21(19)13-18(16)20(15)17;/h1-2,4-5,9,12,17H,3,6-8,10-11,13H2;1H. The quantitative estimate of drug-likeness (QED) is 0.599. The van der Waals surface area contributed by atoms with Gasteiger partial charge in [-0.2, -0.15) is 0 Å². The molecular formula is C20H22ClN. The van der Waals surface area contributed by atoms with E-state index in [4.69, 9.17) is 0 Å². The van der Waals surface area contributed by atoms with Gasteiger partial charge in [0.2, 0.25) is 0 Å². The van der Waals surface area contributed by atoms with Crippen molar-refractivity contribution in [2.45, 2.75) is 51.0 Å². The zero-order valence-corrected chi connectivity index (χ0v) is 13.7. The summed E-state index contributed by atoms with van der Waals surface area (Å²) in [5.74, 6) is 0.672. The summed E-state index contributed by atoms with van der Waals surface area (Å²) in [5, 5.41) is 0. The first-order valence-corrected chi connectivity index (χ1v) is 8.37. The van der Waals surface area contributed by atoms with E-state index in [9.17, 15) is 0 Å². The molecule has 0 radical (unpaired) electrons. The van der Waals surface area contributed by atoms with Crippen LogP contribution in [0.2, 0.25) is 0 Å². The molecule has 1 aromatic heterocycles. The van der Waals surface area contributed by atoms with E-state index in [-0.39, 0.29) is 12.4 Å². The summed E-state index contributed by atoms with van der Waals surface area (Å²) in [6.45, 7) is 1.10. The van der Waals surface area contributed by atoms with Crippen LogP contribution in [-0.4, -0.2) is 4.57 Å². The van der Waals surface area contributed by atoms with Crippen molar-refractivity contribution in [2.75, 3.05) is 0 Å². The van der Waals surface area contributed by atoms with E-state index in [0.717, 1.165) is 13.0 Å². The molecule has 114 valence electrons. The molecule has 1 aliphatic heterocycles. The highest BCUT2D eigenvalue weighted by Gasteiger charge is 2.35. The molecule has 3 aliphatic carbocycles. The summed E-state index contributed by atoms with van der Waals surface area (Å²) in [6.07, 6.45) is 17.0. The first-order valence-electron chi connectivity index (χ1n) is 8.37. The maximum Gasteiger partial charge on any atom is 0.0479 e. The fourth-order valence-electron chi connectivity index (χ4n) is 4.86. The Kier molecular flexibility index (Phi) is 3.41. The van der Waals surface area contributed by atoms with Crippen molar-refractivity contribution in [1.29, 1.82) is 0 Å². The summed E-state index contributed by atoms with van der Waals surface area (Å²) >= 11 is 0. The molecule has 22 heavy (non-hydrogen) atoms. The lowest BCUT2D eigenvalue weighted by molar-refractivity contribution is 0.527. The molecule has 0 amide bonds. The predicted octanol–water partition coefficient (Wildman–Crippen LogP) is 5.46. The van der Waals surface area contributed by atoms with Crippen molar-refractivity contribution in [1.82, 2.24) is 4.57 Å². The lowest BCUT2D eigenvalue weighted by Gasteiger charge is -2.36. The average Bonchev–Trinajstić information content (AvgIpc) is 2.94. The number of aromatic nitrogens is 1. The summed E-state index contributed by atoms with van der Waals surface area (Å²) in [5.41, 5.74) is 10.0. The van der Waals surface area contributed by atoms with E-state index in [2.05, 4.69) is 41.1 Å². The van der Waals surface area contributed by atoms with Gasteiger partial charge in [-0.25, -0.2) is 0 Å². The summed E-state index contributed by atoms with van der Waals surface area (Å²) in [4.78, 5) is 0. The molecule has 4 aliphatic rings. The largest absolute Gasteiger partial charge is 0.346 e. The molecule has 1 unspecified atom stereocenters. The highest BCUT2D eigenvalue weighted by atomic mass is 35.5. The van der Waals surface area contributed by atoms with Gasteiger partial charge >= 0.3 is 0 Å². The Morgan fingerprint density at radius 2 is 2.05 bits per heavy atom. The van der Waals surface area contributed by atoms with E-state index in [1.165, 1.54) is 32.1 Å². The Morgan fingerprint density at radius 3 is 3.00 bits per heavy atom. The third kappa shape index (κ3) is 1.91. The first-order chi connectivity index (χ1) is 10.4. The Hall–Kier alpha value is -1.47. The van der Waals surface area contributed by atoms with Crippen LogP contribution in [0.15, 0.2) is 64.4 Å². The van der Waals surface area contributed by atoms with E-state index >= 15 is 0 Å². The number of allylic oxidation sites excluding steroid dienone is 8. The number of nitrogens with zero attached hydrogens (tertiary/aromatic N) is 1. The molecule has 5 rings (SSSR count). The third-order valence-corrected chi connectivity index (χ3v) is 5.78. The molecule has 1 atom stereocenters. The molecule has 0 saturated carbocycles. The minimum absolute atomic E-state index is 0. The zero-order valence-electron chi connectivity index (χ0n) is 12.8.